The molecule has 2 N–H and O–H groups in total. The highest BCUT2D eigenvalue weighted by molar-refractivity contribution is 14.0. The monoisotopic (exact) mass is 457 g/mol. The van der Waals surface area contributed by atoms with Crippen LogP contribution in [0, 0.1) is 11.3 Å². The van der Waals surface area contributed by atoms with Crippen LogP contribution in [0.1, 0.15) is 45.6 Å². The number of hydrogen-bond donors (Lipinski definition) is 2. The van der Waals surface area contributed by atoms with Crippen LogP contribution in [-0.4, -0.2) is 37.8 Å². The summed E-state index contributed by atoms with van der Waals surface area (Å²) in [5.74, 6) is 1.93. The zero-order chi connectivity index (χ0) is 17.3. The van der Waals surface area contributed by atoms with Crippen molar-refractivity contribution in [1.82, 2.24) is 10.6 Å². The summed E-state index contributed by atoms with van der Waals surface area (Å²) in [7, 11) is 1.85. The van der Waals surface area contributed by atoms with Gasteiger partial charge in [0.05, 0.1) is 6.10 Å². The van der Waals surface area contributed by atoms with Crippen LogP contribution in [0.5, 0.6) is 0 Å². The fourth-order valence-electron chi connectivity index (χ4n) is 4.32. The van der Waals surface area contributed by atoms with Crippen LogP contribution in [0.2, 0.25) is 0 Å². The minimum atomic E-state index is 0. The molecule has 2 aliphatic rings. The molecular weight excluding hydrogens is 425 g/mol. The molecule has 4 nitrogen and oxygen atoms in total. The highest BCUT2D eigenvalue weighted by Crippen LogP contribution is 2.52. The van der Waals surface area contributed by atoms with Crippen LogP contribution in [-0.2, 0) is 4.74 Å². The second-order valence-electron chi connectivity index (χ2n) is 7.89. The molecule has 2 fully saturated rings. The number of nitrogens with zero attached hydrogens (tertiary/aromatic N) is 1. The minimum Gasteiger partial charge on any atom is -0.377 e. The second kappa shape index (κ2) is 8.25. The highest BCUT2D eigenvalue weighted by Gasteiger charge is 2.59. The van der Waals surface area contributed by atoms with E-state index in [9.17, 15) is 0 Å². The second-order valence-corrected chi connectivity index (χ2v) is 7.89. The molecule has 1 aliphatic heterocycles. The molecule has 0 radical (unpaired) electrons. The molecule has 25 heavy (non-hydrogen) atoms. The van der Waals surface area contributed by atoms with Crippen LogP contribution in [0.25, 0.3) is 0 Å². The van der Waals surface area contributed by atoms with Crippen molar-refractivity contribution in [3.8, 4) is 0 Å². The Morgan fingerprint density at radius 2 is 1.92 bits per heavy atom. The Morgan fingerprint density at radius 1 is 1.24 bits per heavy atom. The molecule has 0 bridgehead atoms. The lowest BCUT2D eigenvalue weighted by atomic mass is 9.57. The van der Waals surface area contributed by atoms with Gasteiger partial charge in [0, 0.05) is 43.0 Å². The average Bonchev–Trinajstić information content (AvgIpc) is 3.05. The summed E-state index contributed by atoms with van der Waals surface area (Å²) in [4.78, 5) is 4.46. The van der Waals surface area contributed by atoms with E-state index in [0.717, 1.165) is 19.0 Å². The first kappa shape index (κ1) is 20.5. The van der Waals surface area contributed by atoms with Gasteiger partial charge in [0.15, 0.2) is 5.96 Å². The molecule has 1 aromatic rings. The fourth-order valence-corrected chi connectivity index (χ4v) is 4.32. The number of guanidine groups is 1. The van der Waals surface area contributed by atoms with Gasteiger partial charge in [-0.2, -0.15) is 0 Å². The number of halogens is 1. The summed E-state index contributed by atoms with van der Waals surface area (Å²) in [6.45, 7) is 9.96. The third-order valence-corrected chi connectivity index (χ3v) is 6.06. The maximum absolute atomic E-state index is 5.89. The number of rotatable bonds is 4. The fraction of sp³-hybridized carbons (Fsp3) is 0.650. The van der Waals surface area contributed by atoms with E-state index in [0.29, 0.717) is 30.0 Å². The molecule has 5 atom stereocenters. The van der Waals surface area contributed by atoms with Gasteiger partial charge in [-0.3, -0.25) is 4.99 Å². The van der Waals surface area contributed by atoms with E-state index >= 15 is 0 Å². The zero-order valence-electron chi connectivity index (χ0n) is 16.0. The lowest BCUT2D eigenvalue weighted by molar-refractivity contribution is -0.106. The summed E-state index contributed by atoms with van der Waals surface area (Å²) in [6, 6.07) is 11.4. The van der Waals surface area contributed by atoms with Crippen molar-refractivity contribution in [2.45, 2.75) is 58.2 Å². The van der Waals surface area contributed by atoms with Crippen LogP contribution >= 0.6 is 24.0 Å². The lowest BCUT2D eigenvalue weighted by Crippen LogP contribution is -2.68. The van der Waals surface area contributed by atoms with Crippen LogP contribution < -0.4 is 10.6 Å². The van der Waals surface area contributed by atoms with Crippen molar-refractivity contribution in [2.75, 3.05) is 13.7 Å². The van der Waals surface area contributed by atoms with E-state index < -0.39 is 0 Å². The standard InChI is InChI=1S/C20H31N3O.HI/c1-13(15-9-7-6-8-10-15)14(2)22-19(21-5)23-17-16-11-12-24-18(16)20(17,3)4;/h6-10,13-14,16-18H,11-12H2,1-5H3,(H2,21,22,23);1H. The first-order valence-corrected chi connectivity index (χ1v) is 9.11. The smallest absolute Gasteiger partial charge is 0.191 e. The Balaban J connectivity index is 0.00000225. The van der Waals surface area contributed by atoms with Gasteiger partial charge >= 0.3 is 0 Å². The summed E-state index contributed by atoms with van der Waals surface area (Å²) in [5.41, 5.74) is 1.51. The molecule has 1 aromatic carbocycles. The molecule has 3 rings (SSSR count). The van der Waals surface area contributed by atoms with E-state index in [2.05, 4.69) is 73.7 Å². The van der Waals surface area contributed by atoms with E-state index in [1.807, 2.05) is 7.05 Å². The molecule has 1 heterocycles. The maximum Gasteiger partial charge on any atom is 0.191 e. The molecule has 1 aliphatic carbocycles. The number of fused-ring (bicyclic) bond motifs is 1. The molecule has 1 saturated heterocycles. The Hall–Kier alpha value is -0.820. The van der Waals surface area contributed by atoms with Crippen molar-refractivity contribution < 1.29 is 4.74 Å². The molecule has 0 spiro atoms. The Labute approximate surface area is 169 Å². The van der Waals surface area contributed by atoms with Crippen molar-refractivity contribution in [1.29, 1.82) is 0 Å². The van der Waals surface area contributed by atoms with E-state index in [-0.39, 0.29) is 29.4 Å². The van der Waals surface area contributed by atoms with E-state index in [1.54, 1.807) is 0 Å². The summed E-state index contributed by atoms with van der Waals surface area (Å²) >= 11 is 0. The van der Waals surface area contributed by atoms with Crippen molar-refractivity contribution in [3.63, 3.8) is 0 Å². The van der Waals surface area contributed by atoms with Crippen LogP contribution in [0.4, 0.5) is 0 Å². The molecule has 0 aromatic heterocycles. The zero-order valence-corrected chi connectivity index (χ0v) is 18.3. The first-order valence-electron chi connectivity index (χ1n) is 9.11. The predicted octanol–water partition coefficient (Wildman–Crippen LogP) is 3.78. The van der Waals surface area contributed by atoms with Gasteiger partial charge < -0.3 is 15.4 Å². The summed E-state index contributed by atoms with van der Waals surface area (Å²) < 4.78 is 5.89. The SMILES string of the molecule is CN=C(NC(C)C(C)c1ccccc1)NC1C2CCOC2C1(C)C.I. The summed E-state index contributed by atoms with van der Waals surface area (Å²) in [5, 5.41) is 7.24. The Kier molecular flexibility index (Phi) is 6.76. The minimum absolute atomic E-state index is 0. The molecule has 0 amide bonds. The third-order valence-electron chi connectivity index (χ3n) is 6.06. The molecular formula is C20H32IN3O. The van der Waals surface area contributed by atoms with E-state index in [1.165, 1.54) is 5.56 Å². The lowest BCUT2D eigenvalue weighted by Gasteiger charge is -2.55. The van der Waals surface area contributed by atoms with Crippen LogP contribution in [0.3, 0.4) is 0 Å². The predicted molar refractivity (Wildman–Crippen MR) is 115 cm³/mol. The third kappa shape index (κ3) is 3.97. The van der Waals surface area contributed by atoms with Gasteiger partial charge in [-0.05, 0) is 18.9 Å². The molecule has 140 valence electrons. The number of benzene rings is 1. The van der Waals surface area contributed by atoms with Crippen molar-refractivity contribution >= 4 is 29.9 Å². The van der Waals surface area contributed by atoms with Gasteiger partial charge in [0.1, 0.15) is 0 Å². The number of aliphatic imine (C=N–C) groups is 1. The van der Waals surface area contributed by atoms with Gasteiger partial charge in [-0.1, -0.05) is 51.1 Å². The van der Waals surface area contributed by atoms with Crippen LogP contribution in [0.15, 0.2) is 35.3 Å². The van der Waals surface area contributed by atoms with Gasteiger partial charge in [0.2, 0.25) is 0 Å². The van der Waals surface area contributed by atoms with Crippen molar-refractivity contribution in [2.24, 2.45) is 16.3 Å². The topological polar surface area (TPSA) is 45.7 Å². The summed E-state index contributed by atoms with van der Waals surface area (Å²) in [6.07, 6.45) is 1.55. The van der Waals surface area contributed by atoms with Crippen molar-refractivity contribution in [3.05, 3.63) is 35.9 Å². The van der Waals surface area contributed by atoms with Gasteiger partial charge in [-0.15, -0.1) is 24.0 Å². The number of nitrogens with one attached hydrogen (secondary N) is 2. The Bertz CT molecular complexity index is 590. The average molecular weight is 457 g/mol. The molecule has 5 heteroatoms. The number of hydrogen-bond acceptors (Lipinski definition) is 2. The Morgan fingerprint density at radius 3 is 2.56 bits per heavy atom. The highest BCUT2D eigenvalue weighted by atomic mass is 127. The quantitative estimate of drug-likeness (QED) is 0.411. The van der Waals surface area contributed by atoms with Gasteiger partial charge in [0.25, 0.3) is 0 Å². The number of ether oxygens (including phenoxy) is 1. The normalized spacial score (nSPS) is 29.6. The first-order chi connectivity index (χ1) is 11.4. The molecule has 5 unspecified atom stereocenters. The maximum atomic E-state index is 5.89. The molecule has 1 saturated carbocycles. The largest absolute Gasteiger partial charge is 0.377 e. The van der Waals surface area contributed by atoms with Gasteiger partial charge in [-0.25, -0.2) is 0 Å². The van der Waals surface area contributed by atoms with E-state index in [4.69, 9.17) is 4.74 Å².